The van der Waals surface area contributed by atoms with Gasteiger partial charge in [0, 0.05) is 17.4 Å². The number of benzene rings is 2. The molecule has 0 amide bonds. The molecule has 2 aromatic carbocycles. The zero-order chi connectivity index (χ0) is 22.2. The van der Waals surface area contributed by atoms with Crippen LogP contribution in [0.25, 0.3) is 21.6 Å². The van der Waals surface area contributed by atoms with Gasteiger partial charge in [0.15, 0.2) is 23.0 Å². The fourth-order valence-electron chi connectivity index (χ4n) is 5.18. The van der Waals surface area contributed by atoms with E-state index >= 15 is 0 Å². The van der Waals surface area contributed by atoms with Crippen molar-refractivity contribution in [2.75, 3.05) is 35.0 Å². The van der Waals surface area contributed by atoms with Crippen LogP contribution in [0.2, 0.25) is 0 Å². The molecule has 0 spiro atoms. The van der Waals surface area contributed by atoms with Crippen LogP contribution in [-0.2, 0) is 5.60 Å². The van der Waals surface area contributed by atoms with Gasteiger partial charge in [0.25, 0.3) is 0 Å². The van der Waals surface area contributed by atoms with Gasteiger partial charge in [-0.15, -0.1) is 0 Å². The minimum atomic E-state index is -1.04. The lowest BCUT2D eigenvalue weighted by Gasteiger charge is -2.56. The number of hydrogen-bond donors (Lipinski definition) is 1. The van der Waals surface area contributed by atoms with Crippen LogP contribution in [0.5, 0.6) is 23.0 Å². The second kappa shape index (κ2) is 8.21. The standard InChI is InChI=1S/C23H27N3O5/c1-28-19-9-14-15(10-20(19)29-2)17-8-13(6-5-7-25-26-24)23(17,27)18-12-22(31-4)21(30-3)11-16(14)18/h9-13,17,27H,5-8H2,1-4H3/t13?,17-,23+/m1/s1. The number of fused-ring (bicyclic) bond motifs is 6. The Morgan fingerprint density at radius 1 is 0.968 bits per heavy atom. The van der Waals surface area contributed by atoms with Crippen molar-refractivity contribution in [3.8, 4) is 34.1 Å². The van der Waals surface area contributed by atoms with E-state index in [9.17, 15) is 5.11 Å². The quantitative estimate of drug-likeness (QED) is 0.283. The summed E-state index contributed by atoms with van der Waals surface area (Å²) in [6, 6.07) is 7.75. The number of methoxy groups -OCH3 is 4. The van der Waals surface area contributed by atoms with E-state index in [2.05, 4.69) is 10.0 Å². The monoisotopic (exact) mass is 425 g/mol. The van der Waals surface area contributed by atoms with E-state index in [1.54, 1.807) is 28.4 Å². The molecule has 1 saturated carbocycles. The molecular formula is C23H27N3O5. The minimum absolute atomic E-state index is 0.0458. The molecule has 1 unspecified atom stereocenters. The summed E-state index contributed by atoms with van der Waals surface area (Å²) in [5, 5.41) is 15.7. The molecule has 0 heterocycles. The third-order valence-electron chi connectivity index (χ3n) is 6.72. The molecule has 1 N–H and O–H groups in total. The van der Waals surface area contributed by atoms with Crippen LogP contribution in [0, 0.1) is 5.92 Å². The molecule has 2 aliphatic carbocycles. The SMILES string of the molecule is COc1cc2c(cc1OC)[C@H]1CC(CCCN=[N+]=[N-])[C@@]1(O)c1cc(OC)c(OC)cc1-2. The van der Waals surface area contributed by atoms with E-state index < -0.39 is 5.60 Å². The Labute approximate surface area is 181 Å². The molecule has 4 rings (SSSR count). The van der Waals surface area contributed by atoms with Crippen molar-refractivity contribution in [1.82, 2.24) is 0 Å². The van der Waals surface area contributed by atoms with Crippen LogP contribution < -0.4 is 18.9 Å². The number of ether oxygens (including phenoxy) is 4. The molecule has 0 aromatic heterocycles. The Morgan fingerprint density at radius 3 is 2.16 bits per heavy atom. The minimum Gasteiger partial charge on any atom is -0.493 e. The topological polar surface area (TPSA) is 106 Å². The Morgan fingerprint density at radius 2 is 1.55 bits per heavy atom. The fourth-order valence-corrected chi connectivity index (χ4v) is 5.18. The Hall–Kier alpha value is -3.09. The largest absolute Gasteiger partial charge is 0.493 e. The van der Waals surface area contributed by atoms with E-state index in [-0.39, 0.29) is 11.8 Å². The van der Waals surface area contributed by atoms with E-state index in [0.717, 1.165) is 41.5 Å². The highest BCUT2D eigenvalue weighted by atomic mass is 16.5. The molecule has 164 valence electrons. The molecular weight excluding hydrogens is 398 g/mol. The number of hydrogen-bond acceptors (Lipinski definition) is 6. The van der Waals surface area contributed by atoms with Crippen LogP contribution >= 0.6 is 0 Å². The van der Waals surface area contributed by atoms with Crippen LogP contribution in [-0.4, -0.2) is 40.1 Å². The maximum absolute atomic E-state index is 12.0. The lowest BCUT2D eigenvalue weighted by Crippen LogP contribution is -2.53. The molecule has 0 saturated heterocycles. The summed E-state index contributed by atoms with van der Waals surface area (Å²) in [7, 11) is 6.42. The van der Waals surface area contributed by atoms with Gasteiger partial charge in [-0.05, 0) is 77.2 Å². The predicted molar refractivity (Wildman–Crippen MR) is 116 cm³/mol. The normalized spacial score (nSPS) is 22.7. The van der Waals surface area contributed by atoms with Gasteiger partial charge < -0.3 is 24.1 Å². The van der Waals surface area contributed by atoms with Gasteiger partial charge in [0.2, 0.25) is 0 Å². The maximum Gasteiger partial charge on any atom is 0.161 e. The highest BCUT2D eigenvalue weighted by Crippen LogP contribution is 2.65. The predicted octanol–water partition coefficient (Wildman–Crippen LogP) is 4.78. The number of rotatable bonds is 8. The highest BCUT2D eigenvalue weighted by Gasteiger charge is 2.59. The molecule has 1 fully saturated rings. The highest BCUT2D eigenvalue weighted by molar-refractivity contribution is 5.81. The van der Waals surface area contributed by atoms with Crippen molar-refractivity contribution in [2.24, 2.45) is 11.0 Å². The van der Waals surface area contributed by atoms with Crippen molar-refractivity contribution >= 4 is 0 Å². The molecule has 0 radical (unpaired) electrons. The molecule has 8 heteroatoms. The zero-order valence-electron chi connectivity index (χ0n) is 18.2. The van der Waals surface area contributed by atoms with E-state index in [1.807, 2.05) is 24.3 Å². The van der Waals surface area contributed by atoms with E-state index in [4.69, 9.17) is 24.5 Å². The van der Waals surface area contributed by atoms with Gasteiger partial charge in [-0.1, -0.05) is 5.11 Å². The first-order valence-electron chi connectivity index (χ1n) is 10.3. The van der Waals surface area contributed by atoms with Crippen LogP contribution in [0.15, 0.2) is 29.4 Å². The summed E-state index contributed by atoms with van der Waals surface area (Å²) in [6.45, 7) is 0.425. The third-order valence-corrected chi connectivity index (χ3v) is 6.72. The average molecular weight is 425 g/mol. The molecule has 31 heavy (non-hydrogen) atoms. The summed E-state index contributed by atoms with van der Waals surface area (Å²) >= 11 is 0. The second-order valence-corrected chi connectivity index (χ2v) is 7.95. The van der Waals surface area contributed by atoms with Crippen LogP contribution in [0.1, 0.15) is 36.3 Å². The van der Waals surface area contributed by atoms with Gasteiger partial charge in [-0.2, -0.15) is 0 Å². The number of nitrogens with zero attached hydrogens (tertiary/aromatic N) is 3. The summed E-state index contributed by atoms with van der Waals surface area (Å²) in [5.74, 6) is 2.43. The molecule has 3 atom stereocenters. The van der Waals surface area contributed by atoms with Crippen LogP contribution in [0.4, 0.5) is 0 Å². The fraction of sp³-hybridized carbons (Fsp3) is 0.478. The van der Waals surface area contributed by atoms with Gasteiger partial charge in [-0.25, -0.2) is 0 Å². The van der Waals surface area contributed by atoms with Gasteiger partial charge in [-0.3, -0.25) is 0 Å². The van der Waals surface area contributed by atoms with Crippen molar-refractivity contribution < 1.29 is 24.1 Å². The molecule has 2 aliphatic rings. The Kier molecular flexibility index (Phi) is 5.60. The van der Waals surface area contributed by atoms with Crippen molar-refractivity contribution in [2.45, 2.75) is 30.8 Å². The summed E-state index contributed by atoms with van der Waals surface area (Å²) in [5.41, 5.74) is 11.3. The van der Waals surface area contributed by atoms with Crippen molar-refractivity contribution in [3.63, 3.8) is 0 Å². The number of aliphatic hydroxyl groups is 1. The first kappa shape index (κ1) is 21.2. The molecule has 0 bridgehead atoms. The maximum atomic E-state index is 12.0. The Balaban J connectivity index is 1.87. The summed E-state index contributed by atoms with van der Waals surface area (Å²) in [6.07, 6.45) is 2.33. The molecule has 8 nitrogen and oxygen atoms in total. The first-order chi connectivity index (χ1) is 15.0. The third kappa shape index (κ3) is 3.14. The van der Waals surface area contributed by atoms with Crippen molar-refractivity contribution in [1.29, 1.82) is 0 Å². The number of azide groups is 1. The second-order valence-electron chi connectivity index (χ2n) is 7.95. The van der Waals surface area contributed by atoms with Gasteiger partial charge >= 0.3 is 0 Å². The lowest BCUT2D eigenvalue weighted by atomic mass is 9.51. The van der Waals surface area contributed by atoms with E-state index in [0.29, 0.717) is 29.5 Å². The first-order valence-corrected chi connectivity index (χ1v) is 10.3. The summed E-state index contributed by atoms with van der Waals surface area (Å²) < 4.78 is 22.1. The smallest absolute Gasteiger partial charge is 0.161 e. The molecule has 0 aliphatic heterocycles. The Bertz CT molecular complexity index is 1050. The van der Waals surface area contributed by atoms with E-state index in [1.165, 1.54) is 0 Å². The zero-order valence-corrected chi connectivity index (χ0v) is 18.2. The van der Waals surface area contributed by atoms with Gasteiger partial charge in [0.05, 0.1) is 28.4 Å². The van der Waals surface area contributed by atoms with Gasteiger partial charge in [0.1, 0.15) is 5.60 Å². The molecule has 2 aromatic rings. The van der Waals surface area contributed by atoms with Crippen molar-refractivity contribution in [3.05, 3.63) is 45.8 Å². The summed E-state index contributed by atoms with van der Waals surface area (Å²) in [4.78, 5) is 2.82. The average Bonchev–Trinajstić information content (AvgIpc) is 2.80. The lowest BCUT2D eigenvalue weighted by molar-refractivity contribution is -0.130. The van der Waals surface area contributed by atoms with Crippen LogP contribution in [0.3, 0.4) is 0 Å².